The Labute approximate surface area is 95.6 Å². The van der Waals surface area contributed by atoms with Crippen LogP contribution in [-0.4, -0.2) is 36.6 Å². The highest BCUT2D eigenvalue weighted by atomic mass is 16.2. The molecule has 1 saturated heterocycles. The first-order valence-corrected chi connectivity index (χ1v) is 5.61. The highest BCUT2D eigenvalue weighted by molar-refractivity contribution is 5.89. The van der Waals surface area contributed by atoms with Crippen LogP contribution < -0.4 is 10.6 Å². The first-order valence-electron chi connectivity index (χ1n) is 5.61. The molecule has 2 amide bonds. The molecule has 0 aliphatic carbocycles. The van der Waals surface area contributed by atoms with Crippen LogP contribution in [0.25, 0.3) is 0 Å². The molecule has 0 radical (unpaired) electrons. The predicted octanol–water partition coefficient (Wildman–Crippen LogP) is 1.51. The Morgan fingerprint density at radius 1 is 1.44 bits per heavy atom. The molecule has 1 atom stereocenters. The van der Waals surface area contributed by atoms with Gasteiger partial charge in [-0.1, -0.05) is 18.2 Å². The van der Waals surface area contributed by atoms with Gasteiger partial charge in [0, 0.05) is 31.4 Å². The van der Waals surface area contributed by atoms with Gasteiger partial charge in [-0.15, -0.1) is 0 Å². The van der Waals surface area contributed by atoms with Gasteiger partial charge >= 0.3 is 6.03 Å². The van der Waals surface area contributed by atoms with E-state index in [0.717, 1.165) is 25.3 Å². The van der Waals surface area contributed by atoms with Crippen LogP contribution in [0.3, 0.4) is 0 Å². The fraction of sp³-hybridized carbons (Fsp3) is 0.417. The number of hydrogen-bond acceptors (Lipinski definition) is 2. The van der Waals surface area contributed by atoms with Gasteiger partial charge in [0.1, 0.15) is 0 Å². The van der Waals surface area contributed by atoms with Crippen molar-refractivity contribution < 1.29 is 4.79 Å². The molecule has 1 aromatic carbocycles. The average Bonchev–Trinajstić information content (AvgIpc) is 2.31. The third-order valence-electron chi connectivity index (χ3n) is 2.79. The lowest BCUT2D eigenvalue weighted by Crippen LogP contribution is -2.53. The van der Waals surface area contributed by atoms with E-state index in [1.165, 1.54) is 0 Å². The number of carbonyl (C=O) groups is 1. The van der Waals surface area contributed by atoms with Gasteiger partial charge in [-0.2, -0.15) is 0 Å². The van der Waals surface area contributed by atoms with Crippen LogP contribution in [0.4, 0.5) is 10.5 Å². The predicted molar refractivity (Wildman–Crippen MR) is 64.5 cm³/mol. The molecule has 2 N–H and O–H groups in total. The minimum Gasteiger partial charge on any atom is -0.319 e. The minimum absolute atomic E-state index is 0.0137. The zero-order chi connectivity index (χ0) is 11.4. The second-order valence-electron chi connectivity index (χ2n) is 4.04. The molecule has 4 nitrogen and oxygen atoms in total. The van der Waals surface area contributed by atoms with E-state index in [2.05, 4.69) is 17.6 Å². The summed E-state index contributed by atoms with van der Waals surface area (Å²) in [5.74, 6) is 0. The van der Waals surface area contributed by atoms with Gasteiger partial charge < -0.3 is 15.5 Å². The summed E-state index contributed by atoms with van der Waals surface area (Å²) in [6, 6.07) is 9.78. The van der Waals surface area contributed by atoms with Crippen LogP contribution in [0.15, 0.2) is 30.3 Å². The van der Waals surface area contributed by atoms with Crippen molar-refractivity contribution in [3.8, 4) is 0 Å². The summed E-state index contributed by atoms with van der Waals surface area (Å²) in [6.07, 6.45) is 0. The van der Waals surface area contributed by atoms with Crippen molar-refractivity contribution in [1.29, 1.82) is 0 Å². The standard InChI is InChI=1S/C12H17N3O/c1-10-9-13-7-8-15(10)12(16)14-11-5-3-2-4-6-11/h2-6,10,13H,7-9H2,1H3,(H,14,16)/t10-/m1/s1. The molecule has 1 fully saturated rings. The average molecular weight is 219 g/mol. The van der Waals surface area contributed by atoms with Gasteiger partial charge in [0.15, 0.2) is 0 Å². The van der Waals surface area contributed by atoms with Crippen LogP contribution >= 0.6 is 0 Å². The second-order valence-corrected chi connectivity index (χ2v) is 4.04. The molecule has 86 valence electrons. The number of anilines is 1. The molecule has 0 saturated carbocycles. The largest absolute Gasteiger partial charge is 0.322 e. The topological polar surface area (TPSA) is 44.4 Å². The normalized spacial score (nSPS) is 20.6. The fourth-order valence-electron chi connectivity index (χ4n) is 1.86. The molecule has 1 heterocycles. The maximum Gasteiger partial charge on any atom is 0.322 e. The van der Waals surface area contributed by atoms with Gasteiger partial charge in [0.2, 0.25) is 0 Å². The summed E-state index contributed by atoms with van der Waals surface area (Å²) in [7, 11) is 0. The second kappa shape index (κ2) is 4.99. The summed E-state index contributed by atoms with van der Waals surface area (Å²) in [5.41, 5.74) is 0.846. The Balaban J connectivity index is 1.97. The van der Waals surface area contributed by atoms with Crippen LogP contribution in [0.5, 0.6) is 0 Å². The van der Waals surface area contributed by atoms with Crippen molar-refractivity contribution >= 4 is 11.7 Å². The van der Waals surface area contributed by atoms with E-state index in [1.54, 1.807) is 0 Å². The first kappa shape index (κ1) is 11.0. The molecule has 0 unspecified atom stereocenters. The number of urea groups is 1. The molecule has 1 aliphatic heterocycles. The molecule has 0 aromatic heterocycles. The van der Waals surface area contributed by atoms with Crippen LogP contribution in [0, 0.1) is 0 Å². The summed E-state index contributed by atoms with van der Waals surface area (Å²) in [5, 5.41) is 6.16. The van der Waals surface area contributed by atoms with E-state index >= 15 is 0 Å². The maximum absolute atomic E-state index is 12.0. The van der Waals surface area contributed by atoms with Crippen LogP contribution in [0.2, 0.25) is 0 Å². The number of nitrogens with one attached hydrogen (secondary N) is 2. The van der Waals surface area contributed by atoms with Crippen molar-refractivity contribution in [1.82, 2.24) is 10.2 Å². The van der Waals surface area contributed by atoms with E-state index in [-0.39, 0.29) is 12.1 Å². The number of amides is 2. The van der Waals surface area contributed by atoms with E-state index in [4.69, 9.17) is 0 Å². The van der Waals surface area contributed by atoms with Gasteiger partial charge in [-0.3, -0.25) is 0 Å². The molecular weight excluding hydrogens is 202 g/mol. The zero-order valence-electron chi connectivity index (χ0n) is 9.44. The van der Waals surface area contributed by atoms with Gasteiger partial charge in [0.05, 0.1) is 0 Å². The summed E-state index contributed by atoms with van der Waals surface area (Å²) >= 11 is 0. The first-order chi connectivity index (χ1) is 7.77. The Morgan fingerprint density at radius 2 is 2.19 bits per heavy atom. The molecule has 0 spiro atoms. The third kappa shape index (κ3) is 2.52. The SMILES string of the molecule is C[C@@H]1CNCCN1C(=O)Nc1ccccc1. The Hall–Kier alpha value is -1.55. The molecule has 0 bridgehead atoms. The monoisotopic (exact) mass is 219 g/mol. The van der Waals surface area contributed by atoms with E-state index in [1.807, 2.05) is 35.2 Å². The Kier molecular flexibility index (Phi) is 3.41. The number of rotatable bonds is 1. The molecule has 1 aromatic rings. The van der Waals surface area contributed by atoms with Crippen molar-refractivity contribution in [3.63, 3.8) is 0 Å². The molecule has 2 rings (SSSR count). The van der Waals surface area contributed by atoms with Crippen molar-refractivity contribution in [2.75, 3.05) is 25.0 Å². The van der Waals surface area contributed by atoms with Crippen molar-refractivity contribution in [3.05, 3.63) is 30.3 Å². The molecular formula is C12H17N3O. The lowest BCUT2D eigenvalue weighted by molar-refractivity contribution is 0.177. The van der Waals surface area contributed by atoms with Gasteiger partial charge in [0.25, 0.3) is 0 Å². The van der Waals surface area contributed by atoms with Crippen LogP contribution in [-0.2, 0) is 0 Å². The maximum atomic E-state index is 12.0. The zero-order valence-corrected chi connectivity index (χ0v) is 9.44. The number of carbonyl (C=O) groups excluding carboxylic acids is 1. The van der Waals surface area contributed by atoms with Crippen LogP contribution in [0.1, 0.15) is 6.92 Å². The van der Waals surface area contributed by atoms with E-state index in [0.29, 0.717) is 0 Å². The third-order valence-corrected chi connectivity index (χ3v) is 2.79. The number of hydrogen-bond donors (Lipinski definition) is 2. The fourth-order valence-corrected chi connectivity index (χ4v) is 1.86. The minimum atomic E-state index is -0.0137. The Bertz CT molecular complexity index is 353. The summed E-state index contributed by atoms with van der Waals surface area (Å²) < 4.78 is 0. The van der Waals surface area contributed by atoms with E-state index < -0.39 is 0 Å². The number of piperazine rings is 1. The molecule has 16 heavy (non-hydrogen) atoms. The quantitative estimate of drug-likeness (QED) is 0.752. The summed E-state index contributed by atoms with van der Waals surface area (Å²) in [6.45, 7) is 4.55. The molecule has 4 heteroatoms. The van der Waals surface area contributed by atoms with Gasteiger partial charge in [-0.25, -0.2) is 4.79 Å². The highest BCUT2D eigenvalue weighted by Crippen LogP contribution is 2.09. The number of benzene rings is 1. The highest BCUT2D eigenvalue weighted by Gasteiger charge is 2.22. The Morgan fingerprint density at radius 3 is 2.88 bits per heavy atom. The van der Waals surface area contributed by atoms with Gasteiger partial charge in [-0.05, 0) is 19.1 Å². The lowest BCUT2D eigenvalue weighted by atomic mass is 10.2. The number of para-hydroxylation sites is 1. The summed E-state index contributed by atoms with van der Waals surface area (Å²) in [4.78, 5) is 13.8. The lowest BCUT2D eigenvalue weighted by Gasteiger charge is -2.33. The molecule has 1 aliphatic rings. The van der Waals surface area contributed by atoms with Crippen molar-refractivity contribution in [2.45, 2.75) is 13.0 Å². The van der Waals surface area contributed by atoms with Crippen molar-refractivity contribution in [2.24, 2.45) is 0 Å². The number of nitrogens with zero attached hydrogens (tertiary/aromatic N) is 1. The van der Waals surface area contributed by atoms with E-state index in [9.17, 15) is 4.79 Å². The smallest absolute Gasteiger partial charge is 0.319 e.